The van der Waals surface area contributed by atoms with Gasteiger partial charge in [-0.05, 0) is 29.8 Å². The van der Waals surface area contributed by atoms with Gasteiger partial charge in [0.2, 0.25) is 0 Å². The molecule has 0 bridgehead atoms. The molecule has 0 saturated carbocycles. The molecule has 17 heavy (non-hydrogen) atoms. The molecular formula is C11H11N5O. The summed E-state index contributed by atoms with van der Waals surface area (Å²) in [7, 11) is 0. The maximum atomic E-state index is 9.47. The Hall–Kier alpha value is -2.37. The van der Waals surface area contributed by atoms with Crippen LogP contribution in [0.15, 0.2) is 36.9 Å². The molecule has 6 heteroatoms. The van der Waals surface area contributed by atoms with Crippen molar-refractivity contribution in [3.8, 4) is 0 Å². The van der Waals surface area contributed by atoms with E-state index in [2.05, 4.69) is 22.2 Å². The fourth-order valence-corrected chi connectivity index (χ4v) is 1.85. The number of imidazole rings is 1. The monoisotopic (exact) mass is 229 g/mol. The molecule has 0 aliphatic carbocycles. The van der Waals surface area contributed by atoms with Gasteiger partial charge in [0.05, 0.1) is 12.4 Å². The molecule has 3 rings (SSSR count). The van der Waals surface area contributed by atoms with Crippen molar-refractivity contribution in [1.82, 2.24) is 24.7 Å². The second-order valence-electron chi connectivity index (χ2n) is 3.91. The molecule has 2 aromatic heterocycles. The van der Waals surface area contributed by atoms with E-state index in [1.54, 1.807) is 12.5 Å². The third-order valence-corrected chi connectivity index (χ3v) is 2.91. The van der Waals surface area contributed by atoms with Crippen LogP contribution in [0.5, 0.6) is 0 Å². The lowest BCUT2D eigenvalue weighted by Crippen LogP contribution is -2.04. The van der Waals surface area contributed by atoms with E-state index in [9.17, 15) is 5.21 Å². The predicted molar refractivity (Wildman–Crippen MR) is 60.8 cm³/mol. The molecule has 0 spiro atoms. The Labute approximate surface area is 97.1 Å². The van der Waals surface area contributed by atoms with Gasteiger partial charge in [-0.25, -0.2) is 4.98 Å². The topological polar surface area (TPSA) is 68.8 Å². The minimum atomic E-state index is 0.150. The van der Waals surface area contributed by atoms with Crippen LogP contribution in [0.25, 0.3) is 11.0 Å². The number of benzene rings is 1. The van der Waals surface area contributed by atoms with Crippen molar-refractivity contribution < 1.29 is 5.21 Å². The van der Waals surface area contributed by atoms with E-state index in [1.807, 2.05) is 29.0 Å². The minimum absolute atomic E-state index is 0.150. The van der Waals surface area contributed by atoms with Gasteiger partial charge < -0.3 is 9.77 Å². The zero-order valence-electron chi connectivity index (χ0n) is 9.22. The molecule has 1 unspecified atom stereocenters. The highest BCUT2D eigenvalue weighted by atomic mass is 16.5. The highest BCUT2D eigenvalue weighted by Crippen LogP contribution is 2.21. The van der Waals surface area contributed by atoms with Gasteiger partial charge in [-0.15, -0.1) is 5.10 Å². The number of nitrogens with zero attached hydrogens (tertiary/aromatic N) is 5. The van der Waals surface area contributed by atoms with Gasteiger partial charge in [-0.1, -0.05) is 10.9 Å². The Balaban J connectivity index is 2.08. The van der Waals surface area contributed by atoms with Gasteiger partial charge in [0.15, 0.2) is 0 Å². The van der Waals surface area contributed by atoms with Crippen LogP contribution in [-0.2, 0) is 0 Å². The van der Waals surface area contributed by atoms with Gasteiger partial charge in [-0.2, -0.15) is 0 Å². The van der Waals surface area contributed by atoms with E-state index < -0.39 is 0 Å². The van der Waals surface area contributed by atoms with E-state index in [0.29, 0.717) is 11.0 Å². The lowest BCUT2D eigenvalue weighted by molar-refractivity contribution is 0.154. The van der Waals surface area contributed by atoms with Gasteiger partial charge in [0.1, 0.15) is 11.0 Å². The van der Waals surface area contributed by atoms with Gasteiger partial charge in [0.25, 0.3) is 0 Å². The molecule has 1 atom stereocenters. The second kappa shape index (κ2) is 3.58. The third kappa shape index (κ3) is 1.54. The van der Waals surface area contributed by atoms with Crippen molar-refractivity contribution >= 4 is 11.0 Å². The lowest BCUT2D eigenvalue weighted by atomic mass is 10.1. The van der Waals surface area contributed by atoms with E-state index in [0.717, 1.165) is 10.4 Å². The second-order valence-corrected chi connectivity index (χ2v) is 3.91. The zero-order valence-corrected chi connectivity index (χ0v) is 9.22. The molecule has 86 valence electrons. The molecule has 0 amide bonds. The standard InChI is InChI=1S/C11H11N5O/c1-8(15-5-4-12-7-15)9-2-3-10-11(6-9)16(17)14-13-10/h2-8,17H,1H3. The van der Waals surface area contributed by atoms with Crippen LogP contribution in [0.1, 0.15) is 18.5 Å². The first-order valence-corrected chi connectivity index (χ1v) is 5.28. The van der Waals surface area contributed by atoms with Crippen molar-refractivity contribution in [3.05, 3.63) is 42.5 Å². The van der Waals surface area contributed by atoms with Crippen LogP contribution in [0.3, 0.4) is 0 Å². The molecule has 0 saturated heterocycles. The summed E-state index contributed by atoms with van der Waals surface area (Å²) in [5.41, 5.74) is 2.34. The highest BCUT2D eigenvalue weighted by Gasteiger charge is 2.10. The molecule has 0 radical (unpaired) electrons. The molecular weight excluding hydrogens is 218 g/mol. The molecule has 1 N–H and O–H groups in total. The fourth-order valence-electron chi connectivity index (χ4n) is 1.85. The Morgan fingerprint density at radius 1 is 1.35 bits per heavy atom. The molecule has 1 aromatic carbocycles. The van der Waals surface area contributed by atoms with Crippen LogP contribution in [-0.4, -0.2) is 29.9 Å². The molecule has 2 heterocycles. The zero-order chi connectivity index (χ0) is 11.8. The summed E-state index contributed by atoms with van der Waals surface area (Å²) in [5.74, 6) is 0. The lowest BCUT2D eigenvalue weighted by Gasteiger charge is -2.13. The van der Waals surface area contributed by atoms with Gasteiger partial charge >= 0.3 is 0 Å². The minimum Gasteiger partial charge on any atom is -0.410 e. The first kappa shape index (κ1) is 9.83. The van der Waals surface area contributed by atoms with Crippen molar-refractivity contribution in [1.29, 1.82) is 0 Å². The summed E-state index contributed by atoms with van der Waals surface area (Å²) < 4.78 is 1.99. The number of hydrogen-bond donors (Lipinski definition) is 1. The summed E-state index contributed by atoms with van der Waals surface area (Å²) >= 11 is 0. The molecule has 6 nitrogen and oxygen atoms in total. The maximum absolute atomic E-state index is 9.47. The summed E-state index contributed by atoms with van der Waals surface area (Å²) in [4.78, 5) is 4.81. The predicted octanol–water partition coefficient (Wildman–Crippen LogP) is 1.47. The van der Waals surface area contributed by atoms with Crippen LogP contribution < -0.4 is 0 Å². The SMILES string of the molecule is CC(c1ccc2nnn(O)c2c1)n1ccnc1. The van der Waals surface area contributed by atoms with Crippen LogP contribution in [0.2, 0.25) is 0 Å². The van der Waals surface area contributed by atoms with Gasteiger partial charge in [0, 0.05) is 12.4 Å². The molecule has 0 fully saturated rings. The Morgan fingerprint density at radius 3 is 3.00 bits per heavy atom. The Morgan fingerprint density at radius 2 is 2.24 bits per heavy atom. The molecule has 0 aliphatic rings. The average molecular weight is 229 g/mol. The quantitative estimate of drug-likeness (QED) is 0.676. The van der Waals surface area contributed by atoms with Crippen molar-refractivity contribution in [2.24, 2.45) is 0 Å². The van der Waals surface area contributed by atoms with Crippen molar-refractivity contribution in [2.45, 2.75) is 13.0 Å². The highest BCUT2D eigenvalue weighted by molar-refractivity contribution is 5.74. The largest absolute Gasteiger partial charge is 0.410 e. The maximum Gasteiger partial charge on any atom is 0.131 e. The number of rotatable bonds is 2. The fraction of sp³-hybridized carbons (Fsp3) is 0.182. The number of fused-ring (bicyclic) bond motifs is 1. The van der Waals surface area contributed by atoms with Crippen LogP contribution >= 0.6 is 0 Å². The summed E-state index contributed by atoms with van der Waals surface area (Å²) in [6, 6.07) is 5.84. The Kier molecular flexibility index (Phi) is 2.07. The first-order valence-electron chi connectivity index (χ1n) is 5.28. The normalized spacial score (nSPS) is 13.0. The third-order valence-electron chi connectivity index (χ3n) is 2.91. The van der Waals surface area contributed by atoms with Crippen LogP contribution in [0, 0.1) is 0 Å². The van der Waals surface area contributed by atoms with E-state index in [1.165, 1.54) is 0 Å². The van der Waals surface area contributed by atoms with Crippen LogP contribution in [0.4, 0.5) is 0 Å². The van der Waals surface area contributed by atoms with Crippen molar-refractivity contribution in [3.63, 3.8) is 0 Å². The van der Waals surface area contributed by atoms with Gasteiger partial charge in [-0.3, -0.25) is 0 Å². The van der Waals surface area contributed by atoms with E-state index >= 15 is 0 Å². The van der Waals surface area contributed by atoms with Crippen molar-refractivity contribution in [2.75, 3.05) is 0 Å². The summed E-state index contributed by atoms with van der Waals surface area (Å²) in [6.07, 6.45) is 5.42. The smallest absolute Gasteiger partial charge is 0.131 e. The molecule has 0 aliphatic heterocycles. The summed E-state index contributed by atoms with van der Waals surface area (Å²) in [6.45, 7) is 2.06. The number of aromatic nitrogens is 5. The Bertz CT molecular complexity index is 643. The number of hydrogen-bond acceptors (Lipinski definition) is 4. The van der Waals surface area contributed by atoms with E-state index in [4.69, 9.17) is 0 Å². The average Bonchev–Trinajstić information content (AvgIpc) is 2.98. The molecule has 3 aromatic rings. The van der Waals surface area contributed by atoms with E-state index in [-0.39, 0.29) is 6.04 Å². The first-order chi connectivity index (χ1) is 8.25. The summed E-state index contributed by atoms with van der Waals surface area (Å²) in [5, 5.41) is 16.9.